The summed E-state index contributed by atoms with van der Waals surface area (Å²) in [6, 6.07) is 7.33. The summed E-state index contributed by atoms with van der Waals surface area (Å²) in [6.07, 6.45) is 1.03. The summed E-state index contributed by atoms with van der Waals surface area (Å²) in [6.45, 7) is 4.80. The zero-order valence-electron chi connectivity index (χ0n) is 13.3. The fourth-order valence-corrected chi connectivity index (χ4v) is 3.67. The molecule has 6 nitrogen and oxygen atoms in total. The van der Waals surface area contributed by atoms with Gasteiger partial charge in [-0.1, -0.05) is 42.2 Å². The van der Waals surface area contributed by atoms with Crippen LogP contribution >= 0.6 is 23.1 Å². The van der Waals surface area contributed by atoms with Crippen LogP contribution < -0.4 is 15.4 Å². The number of ether oxygens (including phenoxy) is 1. The zero-order chi connectivity index (χ0) is 16.7. The van der Waals surface area contributed by atoms with Crippen molar-refractivity contribution in [2.24, 2.45) is 0 Å². The van der Waals surface area contributed by atoms with E-state index in [0.717, 1.165) is 22.4 Å². The summed E-state index contributed by atoms with van der Waals surface area (Å²) in [5, 5.41) is 14.7. The van der Waals surface area contributed by atoms with Gasteiger partial charge in [-0.3, -0.25) is 4.79 Å². The van der Waals surface area contributed by atoms with Crippen molar-refractivity contribution in [2.45, 2.75) is 29.9 Å². The molecule has 0 bridgehead atoms. The number of hydrogen-bond acceptors (Lipinski definition) is 7. The standard InChI is InChI=1S/C15H20N4O2S2/c1-4-9-16-14-18-19-15(23-14)22-10(2)13(20)17-11-7-5-6-8-12(11)21-3/h5-8,10H,4,9H2,1-3H3,(H,16,18)(H,17,20)/t10-/m1/s1. The van der Waals surface area contributed by atoms with Crippen LogP contribution in [0.5, 0.6) is 5.75 Å². The number of carbonyl (C=O) groups is 1. The first-order valence-corrected chi connectivity index (χ1v) is 9.01. The molecule has 0 spiro atoms. The van der Waals surface area contributed by atoms with Crippen molar-refractivity contribution in [3.05, 3.63) is 24.3 Å². The van der Waals surface area contributed by atoms with E-state index in [4.69, 9.17) is 4.74 Å². The molecule has 0 unspecified atom stereocenters. The number of rotatable bonds is 8. The summed E-state index contributed by atoms with van der Waals surface area (Å²) in [4.78, 5) is 12.3. The normalized spacial score (nSPS) is 11.8. The minimum Gasteiger partial charge on any atom is -0.495 e. The van der Waals surface area contributed by atoms with Crippen molar-refractivity contribution < 1.29 is 9.53 Å². The molecule has 1 heterocycles. The minimum atomic E-state index is -0.285. The van der Waals surface area contributed by atoms with Crippen molar-refractivity contribution in [1.29, 1.82) is 0 Å². The quantitative estimate of drug-likeness (QED) is 0.708. The lowest BCUT2D eigenvalue weighted by Gasteiger charge is -2.12. The largest absolute Gasteiger partial charge is 0.495 e. The van der Waals surface area contributed by atoms with Gasteiger partial charge in [0.2, 0.25) is 11.0 Å². The second-order valence-electron chi connectivity index (χ2n) is 4.75. The van der Waals surface area contributed by atoms with Gasteiger partial charge in [-0.05, 0) is 25.5 Å². The van der Waals surface area contributed by atoms with Crippen LogP contribution in [0.1, 0.15) is 20.3 Å². The highest BCUT2D eigenvalue weighted by Crippen LogP contribution is 2.30. The van der Waals surface area contributed by atoms with Crippen molar-refractivity contribution in [3.8, 4) is 5.75 Å². The van der Waals surface area contributed by atoms with E-state index in [1.807, 2.05) is 31.2 Å². The smallest absolute Gasteiger partial charge is 0.237 e. The van der Waals surface area contributed by atoms with Gasteiger partial charge in [0.15, 0.2) is 4.34 Å². The number of hydrogen-bond donors (Lipinski definition) is 2. The van der Waals surface area contributed by atoms with Gasteiger partial charge >= 0.3 is 0 Å². The zero-order valence-corrected chi connectivity index (χ0v) is 15.0. The van der Waals surface area contributed by atoms with Gasteiger partial charge in [0.1, 0.15) is 5.75 Å². The van der Waals surface area contributed by atoms with Crippen LogP contribution in [0.15, 0.2) is 28.6 Å². The Morgan fingerprint density at radius 1 is 1.39 bits per heavy atom. The number of para-hydroxylation sites is 2. The van der Waals surface area contributed by atoms with Gasteiger partial charge in [-0.2, -0.15) is 0 Å². The molecular formula is C15H20N4O2S2. The number of thioether (sulfide) groups is 1. The number of carbonyl (C=O) groups excluding carboxylic acids is 1. The Labute approximate surface area is 144 Å². The fourth-order valence-electron chi connectivity index (χ4n) is 1.75. The van der Waals surface area contributed by atoms with E-state index in [9.17, 15) is 4.79 Å². The Kier molecular flexibility index (Phi) is 6.66. The number of aromatic nitrogens is 2. The molecule has 0 aliphatic carbocycles. The second kappa shape index (κ2) is 8.73. The number of amides is 1. The summed E-state index contributed by atoms with van der Waals surface area (Å²) in [5.74, 6) is 0.540. The number of nitrogens with one attached hydrogen (secondary N) is 2. The molecule has 0 fully saturated rings. The molecule has 0 aliphatic heterocycles. The lowest BCUT2D eigenvalue weighted by molar-refractivity contribution is -0.115. The third kappa shape index (κ3) is 5.11. The molecule has 8 heteroatoms. The van der Waals surface area contributed by atoms with E-state index in [1.54, 1.807) is 7.11 Å². The highest BCUT2D eigenvalue weighted by molar-refractivity contribution is 8.02. The average molecular weight is 352 g/mol. The summed E-state index contributed by atoms with van der Waals surface area (Å²) in [7, 11) is 1.58. The first kappa shape index (κ1) is 17.6. The highest BCUT2D eigenvalue weighted by Gasteiger charge is 2.18. The molecule has 1 atom stereocenters. The third-order valence-corrected chi connectivity index (χ3v) is 5.01. The maximum Gasteiger partial charge on any atom is 0.237 e. The lowest BCUT2D eigenvalue weighted by Crippen LogP contribution is -2.22. The van der Waals surface area contributed by atoms with Crippen molar-refractivity contribution in [2.75, 3.05) is 24.3 Å². The molecule has 0 saturated heterocycles. The lowest BCUT2D eigenvalue weighted by atomic mass is 10.3. The van der Waals surface area contributed by atoms with Crippen LogP contribution in [0.3, 0.4) is 0 Å². The van der Waals surface area contributed by atoms with Gasteiger partial charge in [0, 0.05) is 6.54 Å². The van der Waals surface area contributed by atoms with Crippen LogP contribution in [0.25, 0.3) is 0 Å². The van der Waals surface area contributed by atoms with Crippen LogP contribution in [0, 0.1) is 0 Å². The van der Waals surface area contributed by atoms with Crippen LogP contribution in [-0.4, -0.2) is 35.0 Å². The van der Waals surface area contributed by atoms with Gasteiger partial charge < -0.3 is 15.4 Å². The molecule has 0 saturated carbocycles. The highest BCUT2D eigenvalue weighted by atomic mass is 32.2. The van der Waals surface area contributed by atoms with E-state index in [0.29, 0.717) is 11.4 Å². The Morgan fingerprint density at radius 3 is 2.91 bits per heavy atom. The number of anilines is 2. The molecule has 124 valence electrons. The van der Waals surface area contributed by atoms with Gasteiger partial charge in [0.05, 0.1) is 18.0 Å². The van der Waals surface area contributed by atoms with Crippen LogP contribution in [0.2, 0.25) is 0 Å². The van der Waals surface area contributed by atoms with E-state index in [1.165, 1.54) is 23.1 Å². The summed E-state index contributed by atoms with van der Waals surface area (Å²) in [5.41, 5.74) is 0.662. The first-order valence-electron chi connectivity index (χ1n) is 7.32. The van der Waals surface area contributed by atoms with Gasteiger partial charge in [-0.15, -0.1) is 10.2 Å². The predicted octanol–water partition coefficient (Wildman–Crippen LogP) is 3.49. The fraction of sp³-hybridized carbons (Fsp3) is 0.400. The predicted molar refractivity (Wildman–Crippen MR) is 95.6 cm³/mol. The maximum absolute atomic E-state index is 12.3. The number of methoxy groups -OCH3 is 1. The van der Waals surface area contributed by atoms with E-state index in [2.05, 4.69) is 27.8 Å². The Bertz CT molecular complexity index is 648. The second-order valence-corrected chi connectivity index (χ2v) is 7.31. The molecular weight excluding hydrogens is 332 g/mol. The third-order valence-electron chi connectivity index (χ3n) is 2.94. The monoisotopic (exact) mass is 352 g/mol. The minimum absolute atomic E-state index is 0.0993. The van der Waals surface area contributed by atoms with Crippen molar-refractivity contribution in [1.82, 2.24) is 10.2 Å². The first-order chi connectivity index (χ1) is 11.1. The van der Waals surface area contributed by atoms with Gasteiger partial charge in [-0.25, -0.2) is 0 Å². The van der Waals surface area contributed by atoms with Crippen molar-refractivity contribution in [3.63, 3.8) is 0 Å². The molecule has 23 heavy (non-hydrogen) atoms. The van der Waals surface area contributed by atoms with Crippen molar-refractivity contribution >= 4 is 39.8 Å². The Hall–Kier alpha value is -1.80. The molecule has 0 radical (unpaired) electrons. The van der Waals surface area contributed by atoms with E-state index in [-0.39, 0.29) is 11.2 Å². The Morgan fingerprint density at radius 2 is 2.17 bits per heavy atom. The maximum atomic E-state index is 12.3. The topological polar surface area (TPSA) is 76.1 Å². The summed E-state index contributed by atoms with van der Waals surface area (Å²) < 4.78 is 6.00. The molecule has 1 aromatic heterocycles. The van der Waals surface area contributed by atoms with Crippen LogP contribution in [0.4, 0.5) is 10.8 Å². The Balaban J connectivity index is 1.93. The number of nitrogens with zero attached hydrogens (tertiary/aromatic N) is 2. The van der Waals surface area contributed by atoms with E-state index < -0.39 is 0 Å². The van der Waals surface area contributed by atoms with E-state index >= 15 is 0 Å². The molecule has 2 rings (SSSR count). The average Bonchev–Trinajstić information content (AvgIpc) is 3.00. The SMILES string of the molecule is CCCNc1nnc(S[C@H](C)C(=O)Nc2ccccc2OC)s1. The number of benzene rings is 1. The molecule has 1 aromatic carbocycles. The van der Waals surface area contributed by atoms with Gasteiger partial charge in [0.25, 0.3) is 0 Å². The molecule has 2 N–H and O–H groups in total. The molecule has 1 amide bonds. The van der Waals surface area contributed by atoms with Crippen LogP contribution in [-0.2, 0) is 4.79 Å². The molecule has 0 aliphatic rings. The summed E-state index contributed by atoms with van der Waals surface area (Å²) >= 11 is 2.85. The molecule has 2 aromatic rings.